The average Bonchev–Trinajstić information content (AvgIpc) is 2.66. The Morgan fingerprint density at radius 3 is 1.97 bits per heavy atom. The number of amides is 1. The van der Waals surface area contributed by atoms with Crippen LogP contribution in [0.25, 0.3) is 0 Å². The minimum absolute atomic E-state index is 0.00278. The van der Waals surface area contributed by atoms with Crippen molar-refractivity contribution in [2.45, 2.75) is 73.4 Å². The Kier molecular flexibility index (Phi) is 9.39. The molecule has 0 aliphatic heterocycles. The molecule has 8 nitrogen and oxygen atoms in total. The highest BCUT2D eigenvalue weighted by Crippen LogP contribution is 2.38. The Balaban J connectivity index is 3.57. The normalized spacial score (nSPS) is 13.2. The molecule has 0 saturated carbocycles. The molecule has 0 spiro atoms. The van der Waals surface area contributed by atoms with Crippen LogP contribution in [-0.2, 0) is 0 Å². The number of carbonyl (C=O) groups excluding carboxylic acids is 2. The highest BCUT2D eigenvalue weighted by Gasteiger charge is 2.32. The van der Waals surface area contributed by atoms with E-state index in [4.69, 9.17) is 14.2 Å². The van der Waals surface area contributed by atoms with Crippen molar-refractivity contribution in [3.05, 3.63) is 15.9 Å². The summed E-state index contributed by atoms with van der Waals surface area (Å²) in [4.78, 5) is 42.9. The zero-order chi connectivity index (χ0) is 23.2. The fraction of sp³-hybridized carbons (Fsp3) is 0.682. The first-order chi connectivity index (χ1) is 14.0. The fourth-order valence-corrected chi connectivity index (χ4v) is 3.47. The molecule has 30 heavy (non-hydrogen) atoms. The number of rotatable bonds is 10. The van der Waals surface area contributed by atoms with Crippen molar-refractivity contribution in [3.8, 4) is 17.4 Å². The van der Waals surface area contributed by atoms with Crippen LogP contribution in [0, 0.1) is 11.8 Å². The number of H-pyrrole nitrogens is 1. The molecule has 0 radical (unpaired) electrons. The number of hydrogen-bond acceptors (Lipinski definition) is 6. The lowest BCUT2D eigenvalue weighted by molar-refractivity contribution is 0.0904. The number of ketones is 1. The molecule has 0 aromatic carbocycles. The number of Topliss-reactive ketones (excluding diaryl/α,β-unsaturated/α-hetero) is 1. The van der Waals surface area contributed by atoms with Crippen molar-refractivity contribution in [2.24, 2.45) is 11.8 Å². The molecule has 1 amide bonds. The molecule has 1 aromatic heterocycles. The molecule has 0 fully saturated rings. The number of aromatic amines is 1. The number of aromatic nitrogens is 1. The maximum atomic E-state index is 13.2. The number of pyridine rings is 1. The molecular formula is C22H36N2O6. The predicted octanol–water partition coefficient (Wildman–Crippen LogP) is 4.26. The molecule has 1 rings (SSSR count). The third-order valence-corrected chi connectivity index (χ3v) is 5.16. The Labute approximate surface area is 178 Å². The zero-order valence-corrected chi connectivity index (χ0v) is 19.6. The largest absolute Gasteiger partial charge is 0.489 e. The molecule has 170 valence electrons. The van der Waals surface area contributed by atoms with Gasteiger partial charge < -0.3 is 19.1 Å². The average molecular weight is 425 g/mol. The van der Waals surface area contributed by atoms with Crippen LogP contribution in [0.3, 0.4) is 0 Å². The van der Waals surface area contributed by atoms with E-state index in [-0.39, 0.29) is 35.0 Å². The second-order valence-electron chi connectivity index (χ2n) is 8.20. The van der Waals surface area contributed by atoms with E-state index in [0.29, 0.717) is 12.3 Å². The molecule has 0 aliphatic carbocycles. The maximum absolute atomic E-state index is 13.2. The highest BCUT2D eigenvalue weighted by molar-refractivity contribution is 6.01. The lowest BCUT2D eigenvalue weighted by Gasteiger charge is -2.30. The number of nitrogens with one attached hydrogen (secondary N) is 1. The minimum Gasteiger partial charge on any atom is -0.489 e. The molecule has 1 aromatic rings. The smallest absolute Gasteiger partial charge is 0.415 e. The molecule has 1 heterocycles. The molecule has 8 heteroatoms. The lowest BCUT2D eigenvalue weighted by atomic mass is 9.89. The Morgan fingerprint density at radius 1 is 0.967 bits per heavy atom. The van der Waals surface area contributed by atoms with Gasteiger partial charge in [-0.1, -0.05) is 27.2 Å². The number of methoxy groups -OCH3 is 2. The van der Waals surface area contributed by atoms with Gasteiger partial charge in [0.15, 0.2) is 11.5 Å². The number of hydrogen-bond donors (Lipinski definition) is 1. The molecule has 1 N–H and O–H groups in total. The van der Waals surface area contributed by atoms with Crippen LogP contribution >= 0.6 is 0 Å². The summed E-state index contributed by atoms with van der Waals surface area (Å²) in [6, 6.07) is -0.285. The van der Waals surface area contributed by atoms with Crippen LogP contribution in [0.4, 0.5) is 4.79 Å². The van der Waals surface area contributed by atoms with Crippen molar-refractivity contribution in [1.82, 2.24) is 9.88 Å². The van der Waals surface area contributed by atoms with Crippen molar-refractivity contribution in [2.75, 3.05) is 14.2 Å². The highest BCUT2D eigenvalue weighted by atomic mass is 16.6. The van der Waals surface area contributed by atoms with Crippen LogP contribution in [0.15, 0.2) is 4.79 Å². The number of ether oxygens (including phenoxy) is 3. The summed E-state index contributed by atoms with van der Waals surface area (Å²) in [6.45, 7) is 13.3. The van der Waals surface area contributed by atoms with Gasteiger partial charge >= 0.3 is 6.09 Å². The van der Waals surface area contributed by atoms with Gasteiger partial charge in [0.2, 0.25) is 11.6 Å². The second kappa shape index (κ2) is 11.0. The van der Waals surface area contributed by atoms with Gasteiger partial charge in [-0.2, -0.15) is 0 Å². The van der Waals surface area contributed by atoms with Gasteiger partial charge in [-0.15, -0.1) is 0 Å². The van der Waals surface area contributed by atoms with E-state index in [1.54, 1.807) is 6.92 Å². The summed E-state index contributed by atoms with van der Waals surface area (Å²) in [5.41, 5.74) is -0.915. The molecule has 0 bridgehead atoms. The van der Waals surface area contributed by atoms with Crippen LogP contribution in [0.5, 0.6) is 17.4 Å². The quantitative estimate of drug-likeness (QED) is 0.564. The van der Waals surface area contributed by atoms with Gasteiger partial charge in [-0.3, -0.25) is 14.6 Å². The van der Waals surface area contributed by atoms with E-state index in [2.05, 4.69) is 4.98 Å². The van der Waals surface area contributed by atoms with E-state index >= 15 is 0 Å². The van der Waals surface area contributed by atoms with E-state index in [1.807, 2.05) is 41.5 Å². The predicted molar refractivity (Wildman–Crippen MR) is 116 cm³/mol. The van der Waals surface area contributed by atoms with Gasteiger partial charge in [0.05, 0.1) is 14.2 Å². The summed E-state index contributed by atoms with van der Waals surface area (Å²) >= 11 is 0. The van der Waals surface area contributed by atoms with Crippen molar-refractivity contribution < 1.29 is 23.8 Å². The summed E-state index contributed by atoms with van der Waals surface area (Å²) < 4.78 is 16.1. The molecule has 0 saturated heterocycles. The summed E-state index contributed by atoms with van der Waals surface area (Å²) in [6.07, 6.45) is 0.856. The van der Waals surface area contributed by atoms with Crippen LogP contribution in [-0.4, -0.2) is 48.1 Å². The Morgan fingerprint density at radius 2 is 1.53 bits per heavy atom. The van der Waals surface area contributed by atoms with E-state index in [1.165, 1.54) is 19.1 Å². The summed E-state index contributed by atoms with van der Waals surface area (Å²) in [5, 5.41) is 0. The summed E-state index contributed by atoms with van der Waals surface area (Å²) in [5.74, 6) is -0.750. The van der Waals surface area contributed by atoms with Crippen molar-refractivity contribution >= 4 is 11.9 Å². The third kappa shape index (κ3) is 5.77. The van der Waals surface area contributed by atoms with Crippen LogP contribution in [0.1, 0.15) is 71.7 Å². The fourth-order valence-electron chi connectivity index (χ4n) is 3.47. The monoisotopic (exact) mass is 424 g/mol. The van der Waals surface area contributed by atoms with E-state index in [9.17, 15) is 14.4 Å². The molecule has 2 atom stereocenters. The second-order valence-corrected chi connectivity index (χ2v) is 8.20. The van der Waals surface area contributed by atoms with E-state index < -0.39 is 23.4 Å². The van der Waals surface area contributed by atoms with Crippen molar-refractivity contribution in [3.63, 3.8) is 0 Å². The first-order valence-corrected chi connectivity index (χ1v) is 10.4. The summed E-state index contributed by atoms with van der Waals surface area (Å²) in [7, 11) is 2.70. The zero-order valence-electron chi connectivity index (χ0n) is 19.6. The first-order valence-electron chi connectivity index (χ1n) is 10.4. The Hall–Kier alpha value is -2.51. The molecule has 2 unspecified atom stereocenters. The Bertz CT molecular complexity index is 792. The van der Waals surface area contributed by atoms with Gasteiger partial charge in [0.1, 0.15) is 5.56 Å². The molecular weight excluding hydrogens is 388 g/mol. The third-order valence-electron chi connectivity index (χ3n) is 5.16. The van der Waals surface area contributed by atoms with Gasteiger partial charge in [-0.25, -0.2) is 4.79 Å². The lowest BCUT2D eigenvalue weighted by Crippen LogP contribution is -2.44. The van der Waals surface area contributed by atoms with E-state index in [0.717, 1.165) is 6.42 Å². The van der Waals surface area contributed by atoms with Gasteiger partial charge in [0, 0.05) is 18.0 Å². The van der Waals surface area contributed by atoms with Crippen LogP contribution < -0.4 is 19.8 Å². The number of nitrogens with zero attached hydrogens (tertiary/aromatic N) is 1. The number of carbonyl (C=O) groups is 2. The topological polar surface area (TPSA) is 97.9 Å². The van der Waals surface area contributed by atoms with Crippen LogP contribution in [0.2, 0.25) is 0 Å². The molecule has 0 aliphatic rings. The maximum Gasteiger partial charge on any atom is 0.415 e. The van der Waals surface area contributed by atoms with Gasteiger partial charge in [0.25, 0.3) is 5.56 Å². The van der Waals surface area contributed by atoms with Crippen molar-refractivity contribution in [1.29, 1.82) is 0 Å². The SMILES string of the molecule is CCC(C)CC(C)C(=O)c1c(OC(=O)N(C(C)C)C(C)C)c(OC)c(OC)[nH]c1=O. The first kappa shape index (κ1) is 25.5. The minimum atomic E-state index is -0.683. The standard InChI is InChI=1S/C22H36N2O6/c1-10-14(6)11-15(7)17(25)16-18(19(28-8)21(29-9)23-20(16)26)30-22(27)24(12(2)3)13(4)5/h12-15H,10-11H2,1-9H3,(H,23,26). The van der Waals surface area contributed by atoms with Gasteiger partial charge in [-0.05, 0) is 40.0 Å².